The third-order valence-electron chi connectivity index (χ3n) is 6.52. The van der Waals surface area contributed by atoms with Crippen molar-refractivity contribution >= 4 is 5.69 Å². The van der Waals surface area contributed by atoms with E-state index in [2.05, 4.69) is 5.32 Å². The largest absolute Gasteiger partial charge is 0.379 e. The van der Waals surface area contributed by atoms with E-state index >= 15 is 0 Å². The highest BCUT2D eigenvalue weighted by molar-refractivity contribution is 5.49. The van der Waals surface area contributed by atoms with Crippen molar-refractivity contribution in [3.8, 4) is 5.69 Å². The van der Waals surface area contributed by atoms with Crippen molar-refractivity contribution in [1.29, 1.82) is 0 Å². The fourth-order valence-electron chi connectivity index (χ4n) is 5.03. The molecule has 1 unspecified atom stereocenters. The topological polar surface area (TPSA) is 43.4 Å². The van der Waals surface area contributed by atoms with E-state index in [1.807, 2.05) is 49.0 Å². The zero-order chi connectivity index (χ0) is 18.1. The molecule has 2 aliphatic heterocycles. The number of fused-ring (bicyclic) bond motifs is 1. The zero-order valence-electron chi connectivity index (χ0n) is 16.0. The number of hydrogen-bond donors (Lipinski definition) is 2. The number of hydrogen-bond acceptors (Lipinski definition) is 2. The van der Waals surface area contributed by atoms with Crippen molar-refractivity contribution in [3.63, 3.8) is 0 Å². The van der Waals surface area contributed by atoms with E-state index in [1.165, 1.54) is 45.2 Å². The smallest absolute Gasteiger partial charge is 0.295 e. The minimum atomic E-state index is 0.0554. The molecule has 1 aromatic carbocycles. The van der Waals surface area contributed by atoms with Gasteiger partial charge >= 0.3 is 0 Å². The average molecular weight is 356 g/mol. The molecule has 3 heterocycles. The molecule has 3 atom stereocenters. The van der Waals surface area contributed by atoms with Crippen LogP contribution in [0.3, 0.4) is 0 Å². The van der Waals surface area contributed by atoms with E-state index in [0.717, 1.165) is 29.7 Å². The molecular formula is C21H31N4O+. The molecule has 5 nitrogen and oxygen atoms in total. The molecule has 2 fully saturated rings. The molecule has 2 aromatic rings. The summed E-state index contributed by atoms with van der Waals surface area (Å²) >= 11 is 0. The first-order valence-corrected chi connectivity index (χ1v) is 10.1. The van der Waals surface area contributed by atoms with Crippen LogP contribution in [0.5, 0.6) is 0 Å². The number of quaternary nitrogens is 1. The maximum atomic E-state index is 13.0. The summed E-state index contributed by atoms with van der Waals surface area (Å²) in [6.07, 6.45) is 6.71. The molecule has 0 amide bonds. The van der Waals surface area contributed by atoms with Gasteiger partial charge in [-0.3, -0.25) is 9.48 Å². The monoisotopic (exact) mass is 355 g/mol. The molecule has 1 aromatic heterocycles. The van der Waals surface area contributed by atoms with Crippen LogP contribution in [0.4, 0.5) is 5.69 Å². The van der Waals surface area contributed by atoms with Gasteiger partial charge in [0.25, 0.3) is 5.56 Å². The summed E-state index contributed by atoms with van der Waals surface area (Å²) in [5, 5.41) is 3.55. The van der Waals surface area contributed by atoms with Crippen molar-refractivity contribution in [1.82, 2.24) is 9.36 Å². The van der Waals surface area contributed by atoms with Crippen molar-refractivity contribution in [3.05, 3.63) is 46.4 Å². The van der Waals surface area contributed by atoms with Crippen molar-refractivity contribution in [2.24, 2.45) is 13.0 Å². The Morgan fingerprint density at radius 1 is 1.12 bits per heavy atom. The molecule has 0 aliphatic carbocycles. The van der Waals surface area contributed by atoms with Crippen LogP contribution >= 0.6 is 0 Å². The van der Waals surface area contributed by atoms with Gasteiger partial charge in [0.05, 0.1) is 30.5 Å². The first kappa shape index (κ1) is 17.4. The second-order valence-corrected chi connectivity index (χ2v) is 7.98. The van der Waals surface area contributed by atoms with Crippen LogP contribution in [-0.4, -0.2) is 35.0 Å². The summed E-state index contributed by atoms with van der Waals surface area (Å²) in [7, 11) is 1.96. The number of anilines is 1. The number of nitrogens with one attached hydrogen (secondary N) is 2. The molecule has 2 saturated heterocycles. The lowest BCUT2D eigenvalue weighted by Crippen LogP contribution is -3.18. The van der Waals surface area contributed by atoms with Gasteiger partial charge in [0, 0.05) is 19.5 Å². The molecule has 2 aliphatic rings. The van der Waals surface area contributed by atoms with Crippen LogP contribution in [0, 0.1) is 12.8 Å². The van der Waals surface area contributed by atoms with Crippen LogP contribution in [0.2, 0.25) is 0 Å². The predicted octanol–water partition coefficient (Wildman–Crippen LogP) is 1.74. The lowest BCUT2D eigenvalue weighted by Gasteiger charge is -2.41. The third kappa shape index (κ3) is 3.09. The molecule has 140 valence electrons. The molecule has 0 spiro atoms. The normalized spacial score (nSPS) is 25.7. The fraction of sp³-hybridized carbons (Fsp3) is 0.571. The van der Waals surface area contributed by atoms with Gasteiger partial charge in [-0.1, -0.05) is 18.2 Å². The Morgan fingerprint density at radius 2 is 1.88 bits per heavy atom. The summed E-state index contributed by atoms with van der Waals surface area (Å²) < 4.78 is 3.72. The van der Waals surface area contributed by atoms with Crippen LogP contribution in [-0.2, 0) is 7.05 Å². The Kier molecular flexibility index (Phi) is 4.90. The minimum Gasteiger partial charge on any atom is -0.379 e. The van der Waals surface area contributed by atoms with E-state index in [1.54, 1.807) is 9.58 Å². The molecule has 0 radical (unpaired) electrons. The summed E-state index contributed by atoms with van der Waals surface area (Å²) in [5.74, 6) is 0.684. The van der Waals surface area contributed by atoms with Crippen LogP contribution in [0.1, 0.15) is 37.8 Å². The molecule has 5 heteroatoms. The Hall–Kier alpha value is -2.01. The maximum absolute atomic E-state index is 13.0. The van der Waals surface area contributed by atoms with Gasteiger partial charge in [-0.15, -0.1) is 0 Å². The Morgan fingerprint density at radius 3 is 2.69 bits per heavy atom. The van der Waals surface area contributed by atoms with E-state index in [-0.39, 0.29) is 5.56 Å². The highest BCUT2D eigenvalue weighted by atomic mass is 16.1. The van der Waals surface area contributed by atoms with Gasteiger partial charge in [0.2, 0.25) is 0 Å². The van der Waals surface area contributed by atoms with Crippen molar-refractivity contribution < 1.29 is 4.90 Å². The highest BCUT2D eigenvalue weighted by Crippen LogP contribution is 2.22. The van der Waals surface area contributed by atoms with E-state index in [9.17, 15) is 4.79 Å². The van der Waals surface area contributed by atoms with Gasteiger partial charge < -0.3 is 10.2 Å². The summed E-state index contributed by atoms with van der Waals surface area (Å²) in [5.41, 5.74) is 2.73. The van der Waals surface area contributed by atoms with E-state index in [4.69, 9.17) is 0 Å². The first-order chi connectivity index (χ1) is 12.7. The quantitative estimate of drug-likeness (QED) is 0.877. The Labute approximate surface area is 155 Å². The average Bonchev–Trinajstić information content (AvgIpc) is 2.89. The fourth-order valence-corrected chi connectivity index (χ4v) is 5.03. The van der Waals surface area contributed by atoms with Crippen molar-refractivity contribution in [2.45, 2.75) is 45.1 Å². The predicted molar refractivity (Wildman–Crippen MR) is 105 cm³/mol. The van der Waals surface area contributed by atoms with Gasteiger partial charge in [0.1, 0.15) is 5.69 Å². The number of rotatable bonds is 4. The number of para-hydroxylation sites is 1. The summed E-state index contributed by atoms with van der Waals surface area (Å²) in [6, 6.07) is 10.7. The van der Waals surface area contributed by atoms with Gasteiger partial charge in [0.15, 0.2) is 0 Å². The maximum Gasteiger partial charge on any atom is 0.295 e. The standard InChI is InChI=1S/C21H30N4O/c1-16-20(21(26)25(23(16)2)18-10-4-3-5-11-18)22-15-17-9-8-14-24-13-7-6-12-19(17)24/h3-5,10-11,17,19,22H,6-9,12-15H2,1-2H3/p+1/t17-,19+/m0/s1. The molecule has 0 saturated carbocycles. The second-order valence-electron chi connectivity index (χ2n) is 7.98. The SMILES string of the molecule is Cc1c(NC[C@@H]2CCC[NH+]3CCCC[C@H]23)c(=O)n(-c2ccccc2)n1C. The van der Waals surface area contributed by atoms with E-state index < -0.39 is 0 Å². The Bertz CT molecular complexity index is 805. The lowest BCUT2D eigenvalue weighted by molar-refractivity contribution is -0.939. The zero-order valence-corrected chi connectivity index (χ0v) is 16.0. The van der Waals surface area contributed by atoms with Crippen LogP contribution in [0.25, 0.3) is 5.69 Å². The first-order valence-electron chi connectivity index (χ1n) is 10.1. The Balaban J connectivity index is 1.55. The molecular weight excluding hydrogens is 324 g/mol. The lowest BCUT2D eigenvalue weighted by atomic mass is 9.83. The molecule has 26 heavy (non-hydrogen) atoms. The van der Waals surface area contributed by atoms with Crippen LogP contribution < -0.4 is 15.8 Å². The number of piperidine rings is 2. The van der Waals surface area contributed by atoms with Gasteiger partial charge in [-0.2, -0.15) is 0 Å². The van der Waals surface area contributed by atoms with E-state index in [0.29, 0.717) is 5.92 Å². The molecule has 2 N–H and O–H groups in total. The van der Waals surface area contributed by atoms with Crippen LogP contribution in [0.15, 0.2) is 35.1 Å². The number of nitrogens with zero attached hydrogens (tertiary/aromatic N) is 2. The summed E-state index contributed by atoms with van der Waals surface area (Å²) in [6.45, 7) is 5.63. The molecule has 0 bridgehead atoms. The number of aromatic nitrogens is 2. The highest BCUT2D eigenvalue weighted by Gasteiger charge is 2.36. The van der Waals surface area contributed by atoms with Gasteiger partial charge in [-0.25, -0.2) is 4.68 Å². The third-order valence-corrected chi connectivity index (χ3v) is 6.52. The second kappa shape index (κ2) is 7.31. The minimum absolute atomic E-state index is 0.0554. The van der Waals surface area contributed by atoms with Crippen molar-refractivity contribution in [2.75, 3.05) is 25.0 Å². The number of benzene rings is 1. The summed E-state index contributed by atoms with van der Waals surface area (Å²) in [4.78, 5) is 14.8. The van der Waals surface area contributed by atoms with Gasteiger partial charge in [-0.05, 0) is 51.2 Å². The molecule has 4 rings (SSSR count).